The second kappa shape index (κ2) is 8.09. The van der Waals surface area contributed by atoms with Crippen LogP contribution < -0.4 is 10.2 Å². The van der Waals surface area contributed by atoms with Gasteiger partial charge in [0, 0.05) is 36.3 Å². The maximum atomic E-state index is 13.2. The number of amides is 2. The highest BCUT2D eigenvalue weighted by Crippen LogP contribution is 2.28. The molecule has 0 atom stereocenters. The fourth-order valence-electron chi connectivity index (χ4n) is 3.55. The third-order valence-corrected chi connectivity index (χ3v) is 5.24. The molecule has 1 aliphatic heterocycles. The molecule has 0 aliphatic carbocycles. The first kappa shape index (κ1) is 19.2. The number of anilines is 2. The number of rotatable bonds is 4. The number of fused-ring (bicyclic) bond motifs is 1. The molecule has 4 rings (SSSR count). The number of carbonyl (C=O) groups excluding carboxylic acids is 2. The van der Waals surface area contributed by atoms with Crippen LogP contribution in [0.15, 0.2) is 54.6 Å². The van der Waals surface area contributed by atoms with E-state index in [1.807, 2.05) is 34.9 Å². The molecule has 3 aromatic rings. The zero-order chi connectivity index (χ0) is 20.4. The van der Waals surface area contributed by atoms with Gasteiger partial charge < -0.3 is 9.88 Å². The highest BCUT2D eigenvalue weighted by atomic mass is 35.5. The van der Waals surface area contributed by atoms with Crippen molar-refractivity contribution in [2.75, 3.05) is 17.3 Å². The van der Waals surface area contributed by atoms with Crippen molar-refractivity contribution >= 4 is 34.9 Å². The summed E-state index contributed by atoms with van der Waals surface area (Å²) in [5.74, 6) is 0.643. The number of halogens is 1. The van der Waals surface area contributed by atoms with E-state index in [0.29, 0.717) is 34.3 Å². The van der Waals surface area contributed by atoms with Crippen LogP contribution in [-0.2, 0) is 13.0 Å². The summed E-state index contributed by atoms with van der Waals surface area (Å²) in [6.07, 6.45) is 2.77. The Morgan fingerprint density at radius 3 is 2.66 bits per heavy atom. The van der Waals surface area contributed by atoms with Crippen LogP contribution >= 0.6 is 11.6 Å². The molecule has 6 nitrogen and oxygen atoms in total. The van der Waals surface area contributed by atoms with Gasteiger partial charge in [-0.05, 0) is 43.2 Å². The van der Waals surface area contributed by atoms with Crippen molar-refractivity contribution in [1.82, 2.24) is 9.55 Å². The largest absolute Gasteiger partial charge is 0.322 e. The molecule has 0 saturated carbocycles. The quantitative estimate of drug-likeness (QED) is 0.695. The van der Waals surface area contributed by atoms with Crippen LogP contribution in [0, 0.1) is 0 Å². The smallest absolute Gasteiger partial charge is 0.276 e. The van der Waals surface area contributed by atoms with Gasteiger partial charge in [0.2, 0.25) is 0 Å². The van der Waals surface area contributed by atoms with Gasteiger partial charge in [0.1, 0.15) is 5.82 Å². The van der Waals surface area contributed by atoms with Crippen molar-refractivity contribution in [1.29, 1.82) is 0 Å². The van der Waals surface area contributed by atoms with Crippen LogP contribution in [0.3, 0.4) is 0 Å². The molecular weight excluding hydrogens is 388 g/mol. The van der Waals surface area contributed by atoms with Crippen LogP contribution in [0.2, 0.25) is 5.02 Å². The predicted octanol–water partition coefficient (Wildman–Crippen LogP) is 4.40. The van der Waals surface area contributed by atoms with E-state index in [4.69, 9.17) is 11.6 Å². The highest BCUT2D eigenvalue weighted by molar-refractivity contribution is 6.31. The van der Waals surface area contributed by atoms with Gasteiger partial charge in [-0.1, -0.05) is 35.9 Å². The first-order chi connectivity index (χ1) is 14.0. The standard InChI is InChI=1S/C22H21ClN4O2/c1-26(22(29)15-8-7-9-16(23)14-15)20-19(27-13-6-5-12-18(27)25-20)21(28)24-17-10-3-2-4-11-17/h2-4,7-11,14H,5-6,12-13H2,1H3,(H,24,28). The number of benzene rings is 2. The van der Waals surface area contributed by atoms with Crippen molar-refractivity contribution in [3.8, 4) is 0 Å². The molecule has 2 amide bonds. The summed E-state index contributed by atoms with van der Waals surface area (Å²) >= 11 is 6.04. The second-order valence-corrected chi connectivity index (χ2v) is 7.44. The van der Waals surface area contributed by atoms with Crippen molar-refractivity contribution in [3.05, 3.63) is 76.7 Å². The average molecular weight is 409 g/mol. The van der Waals surface area contributed by atoms with Gasteiger partial charge in [-0.25, -0.2) is 4.98 Å². The minimum Gasteiger partial charge on any atom is -0.322 e. The van der Waals surface area contributed by atoms with E-state index in [9.17, 15) is 9.59 Å². The molecule has 0 saturated heterocycles. The summed E-state index contributed by atoms with van der Waals surface area (Å²) in [7, 11) is 1.64. The number of aryl methyl sites for hydroxylation is 1. The molecular formula is C22H21ClN4O2. The summed E-state index contributed by atoms with van der Waals surface area (Å²) in [6.45, 7) is 0.707. The lowest BCUT2D eigenvalue weighted by Gasteiger charge is -2.19. The van der Waals surface area contributed by atoms with E-state index in [1.165, 1.54) is 4.90 Å². The minimum atomic E-state index is -0.280. The van der Waals surface area contributed by atoms with Gasteiger partial charge in [0.25, 0.3) is 11.8 Å². The van der Waals surface area contributed by atoms with Gasteiger partial charge in [-0.3, -0.25) is 14.5 Å². The van der Waals surface area contributed by atoms with Crippen LogP contribution in [0.1, 0.15) is 39.5 Å². The van der Waals surface area contributed by atoms with Gasteiger partial charge >= 0.3 is 0 Å². The Labute approximate surface area is 174 Å². The molecule has 0 radical (unpaired) electrons. The molecule has 1 aromatic heterocycles. The maximum Gasteiger partial charge on any atom is 0.276 e. The topological polar surface area (TPSA) is 67.2 Å². The highest BCUT2D eigenvalue weighted by Gasteiger charge is 2.29. The lowest BCUT2D eigenvalue weighted by molar-refractivity contribution is 0.0992. The van der Waals surface area contributed by atoms with Crippen LogP contribution in [0.5, 0.6) is 0 Å². The number of nitrogens with one attached hydrogen (secondary N) is 1. The first-order valence-electron chi connectivity index (χ1n) is 9.54. The number of carbonyl (C=O) groups is 2. The molecule has 0 unspecified atom stereocenters. The van der Waals surface area contributed by atoms with Gasteiger partial charge in [-0.2, -0.15) is 0 Å². The molecule has 0 fully saturated rings. The summed E-state index contributed by atoms with van der Waals surface area (Å²) in [5, 5.41) is 3.40. The Kier molecular flexibility index (Phi) is 5.36. The summed E-state index contributed by atoms with van der Waals surface area (Å²) in [6, 6.07) is 16.0. The monoisotopic (exact) mass is 408 g/mol. The minimum absolute atomic E-state index is 0.267. The van der Waals surface area contributed by atoms with E-state index in [-0.39, 0.29) is 11.8 Å². The first-order valence-corrected chi connectivity index (χ1v) is 9.92. The van der Waals surface area contributed by atoms with Crippen LogP contribution in [0.4, 0.5) is 11.5 Å². The predicted molar refractivity (Wildman–Crippen MR) is 114 cm³/mol. The average Bonchev–Trinajstić information content (AvgIpc) is 3.13. The lowest BCUT2D eigenvalue weighted by atomic mass is 10.1. The lowest BCUT2D eigenvalue weighted by Crippen LogP contribution is -2.30. The molecule has 148 valence electrons. The maximum absolute atomic E-state index is 13.2. The number of nitrogens with zero attached hydrogens (tertiary/aromatic N) is 3. The third kappa shape index (κ3) is 3.89. The van der Waals surface area contributed by atoms with E-state index in [2.05, 4.69) is 10.3 Å². The van der Waals surface area contributed by atoms with Crippen LogP contribution in [-0.4, -0.2) is 28.4 Å². The summed E-state index contributed by atoms with van der Waals surface area (Å²) in [5.41, 5.74) is 1.54. The van der Waals surface area contributed by atoms with Gasteiger partial charge in [-0.15, -0.1) is 0 Å². The Morgan fingerprint density at radius 2 is 1.90 bits per heavy atom. The van der Waals surface area contributed by atoms with Crippen molar-refractivity contribution in [3.63, 3.8) is 0 Å². The fraction of sp³-hybridized carbons (Fsp3) is 0.227. The molecule has 0 bridgehead atoms. The van der Waals surface area contributed by atoms with E-state index in [0.717, 1.165) is 25.1 Å². The van der Waals surface area contributed by atoms with Crippen molar-refractivity contribution in [2.24, 2.45) is 0 Å². The van der Waals surface area contributed by atoms with Gasteiger partial charge in [0.15, 0.2) is 11.5 Å². The SMILES string of the molecule is CN(C(=O)c1cccc(Cl)c1)c1nc2n(c1C(=O)Nc1ccccc1)CCCC2. The Balaban J connectivity index is 1.72. The molecule has 7 heteroatoms. The van der Waals surface area contributed by atoms with E-state index < -0.39 is 0 Å². The number of hydrogen-bond acceptors (Lipinski definition) is 3. The number of hydrogen-bond donors (Lipinski definition) is 1. The molecule has 29 heavy (non-hydrogen) atoms. The van der Waals surface area contributed by atoms with Gasteiger partial charge in [0.05, 0.1) is 0 Å². The third-order valence-electron chi connectivity index (χ3n) is 5.00. The van der Waals surface area contributed by atoms with E-state index >= 15 is 0 Å². The number of imidazole rings is 1. The summed E-state index contributed by atoms with van der Waals surface area (Å²) < 4.78 is 1.93. The molecule has 2 aromatic carbocycles. The van der Waals surface area contributed by atoms with Crippen molar-refractivity contribution in [2.45, 2.75) is 25.8 Å². The molecule has 1 aliphatic rings. The number of aromatic nitrogens is 2. The molecule has 1 N–H and O–H groups in total. The molecule has 2 heterocycles. The zero-order valence-electron chi connectivity index (χ0n) is 16.1. The summed E-state index contributed by atoms with van der Waals surface area (Å²) in [4.78, 5) is 32.3. The second-order valence-electron chi connectivity index (χ2n) is 7.00. The molecule has 0 spiro atoms. The Hall–Kier alpha value is -3.12. The van der Waals surface area contributed by atoms with Crippen molar-refractivity contribution < 1.29 is 9.59 Å². The fourth-order valence-corrected chi connectivity index (χ4v) is 3.74. The zero-order valence-corrected chi connectivity index (χ0v) is 16.8. The Morgan fingerprint density at radius 1 is 1.10 bits per heavy atom. The van der Waals surface area contributed by atoms with Crippen LogP contribution in [0.25, 0.3) is 0 Å². The normalized spacial score (nSPS) is 12.9. The van der Waals surface area contributed by atoms with E-state index in [1.54, 1.807) is 31.3 Å². The number of para-hydroxylation sites is 1. The Bertz CT molecular complexity index is 1060.